The van der Waals surface area contributed by atoms with Crippen molar-refractivity contribution in [1.82, 2.24) is 5.32 Å². The molecule has 2 rings (SSSR count). The van der Waals surface area contributed by atoms with Gasteiger partial charge in [-0.3, -0.25) is 4.79 Å². The molecule has 0 aliphatic heterocycles. The smallest absolute Gasteiger partial charge is 0.287 e. The van der Waals surface area contributed by atoms with Gasteiger partial charge in [-0.2, -0.15) is 0 Å². The lowest BCUT2D eigenvalue weighted by Crippen LogP contribution is -2.31. The van der Waals surface area contributed by atoms with Crippen molar-refractivity contribution < 1.29 is 9.21 Å². The Morgan fingerprint density at radius 1 is 1.14 bits per heavy atom. The highest BCUT2D eigenvalue weighted by Crippen LogP contribution is 2.17. The summed E-state index contributed by atoms with van der Waals surface area (Å²) in [7, 11) is 0. The summed E-state index contributed by atoms with van der Waals surface area (Å²) in [6.07, 6.45) is 0. The minimum Gasteiger partial charge on any atom is -0.456 e. The van der Waals surface area contributed by atoms with Gasteiger partial charge in [-0.1, -0.05) is 38.1 Å². The highest BCUT2D eigenvalue weighted by atomic mass is 35.5. The molecule has 4 nitrogen and oxygen atoms in total. The van der Waals surface area contributed by atoms with Crippen LogP contribution in [0.3, 0.4) is 0 Å². The van der Waals surface area contributed by atoms with Crippen molar-refractivity contribution in [2.75, 3.05) is 6.54 Å². The van der Waals surface area contributed by atoms with E-state index in [1.54, 1.807) is 19.1 Å². The Kier molecular flexibility index (Phi) is 6.65. The van der Waals surface area contributed by atoms with Crippen molar-refractivity contribution in [2.24, 2.45) is 5.73 Å². The number of benzene rings is 1. The predicted octanol–water partition coefficient (Wildman–Crippen LogP) is 3.56. The summed E-state index contributed by atoms with van der Waals surface area (Å²) in [5.41, 5.74) is 8.40. The van der Waals surface area contributed by atoms with Crippen LogP contribution in [-0.2, 0) is 0 Å². The number of nitrogens with two attached hydrogens (primary N) is 1. The molecular formula is C17H23ClN2O2. The molecule has 5 heteroatoms. The third kappa shape index (κ3) is 4.61. The fourth-order valence-electron chi connectivity index (χ4n) is 2.09. The number of carbonyl (C=O) groups excluding carboxylic acids is 1. The minimum absolute atomic E-state index is 0. The molecule has 0 saturated heterocycles. The standard InChI is InChI=1S/C17H22N2O2.ClH/c1-11(2)13-5-7-14(8-6-13)15(18)10-19-17(20)16-9-4-12(3)21-16;/h4-9,11,15H,10,18H2,1-3H3,(H,19,20);1H. The van der Waals surface area contributed by atoms with Crippen molar-refractivity contribution >= 4 is 18.3 Å². The Labute approximate surface area is 137 Å². The van der Waals surface area contributed by atoms with Gasteiger partial charge in [0, 0.05) is 12.6 Å². The van der Waals surface area contributed by atoms with E-state index in [2.05, 4.69) is 31.3 Å². The highest BCUT2D eigenvalue weighted by molar-refractivity contribution is 5.91. The summed E-state index contributed by atoms with van der Waals surface area (Å²) in [6.45, 7) is 6.49. The Bertz CT molecular complexity index is 605. The predicted molar refractivity (Wildman–Crippen MR) is 90.5 cm³/mol. The van der Waals surface area contributed by atoms with Gasteiger partial charge in [0.25, 0.3) is 5.91 Å². The molecule has 2 aromatic rings. The number of aryl methyl sites for hydroxylation is 1. The number of furan rings is 1. The van der Waals surface area contributed by atoms with Gasteiger partial charge in [-0.15, -0.1) is 12.4 Å². The van der Waals surface area contributed by atoms with Gasteiger partial charge >= 0.3 is 0 Å². The average Bonchev–Trinajstić information content (AvgIpc) is 2.91. The number of hydrogen-bond donors (Lipinski definition) is 2. The van der Waals surface area contributed by atoms with E-state index in [9.17, 15) is 4.79 Å². The van der Waals surface area contributed by atoms with Crippen molar-refractivity contribution in [3.05, 3.63) is 59.0 Å². The van der Waals surface area contributed by atoms with Gasteiger partial charge in [-0.05, 0) is 36.1 Å². The topological polar surface area (TPSA) is 68.3 Å². The quantitative estimate of drug-likeness (QED) is 0.884. The molecular weight excluding hydrogens is 300 g/mol. The summed E-state index contributed by atoms with van der Waals surface area (Å²) in [4.78, 5) is 11.9. The summed E-state index contributed by atoms with van der Waals surface area (Å²) in [5, 5.41) is 2.79. The lowest BCUT2D eigenvalue weighted by atomic mass is 9.99. The Morgan fingerprint density at radius 3 is 2.23 bits per heavy atom. The fourth-order valence-corrected chi connectivity index (χ4v) is 2.09. The average molecular weight is 323 g/mol. The van der Waals surface area contributed by atoms with E-state index in [0.717, 1.165) is 5.56 Å². The van der Waals surface area contributed by atoms with Crippen LogP contribution in [0, 0.1) is 6.92 Å². The maximum Gasteiger partial charge on any atom is 0.287 e. The molecule has 1 amide bonds. The molecule has 0 fully saturated rings. The van der Waals surface area contributed by atoms with Gasteiger partial charge in [-0.25, -0.2) is 0 Å². The van der Waals surface area contributed by atoms with E-state index in [1.165, 1.54) is 5.56 Å². The monoisotopic (exact) mass is 322 g/mol. The van der Waals surface area contributed by atoms with Gasteiger partial charge < -0.3 is 15.5 Å². The molecule has 1 aromatic heterocycles. The molecule has 0 aliphatic carbocycles. The van der Waals surface area contributed by atoms with E-state index < -0.39 is 0 Å². The molecule has 1 unspecified atom stereocenters. The van der Waals surface area contributed by atoms with Crippen LogP contribution in [0.15, 0.2) is 40.8 Å². The van der Waals surface area contributed by atoms with Gasteiger partial charge in [0.05, 0.1) is 0 Å². The molecule has 1 heterocycles. The lowest BCUT2D eigenvalue weighted by molar-refractivity contribution is 0.0922. The van der Waals surface area contributed by atoms with Crippen molar-refractivity contribution in [3.63, 3.8) is 0 Å². The normalized spacial score (nSPS) is 11.9. The van der Waals surface area contributed by atoms with E-state index in [1.807, 2.05) is 12.1 Å². The first kappa shape index (κ1) is 18.3. The Hall–Kier alpha value is -1.78. The maximum atomic E-state index is 11.9. The van der Waals surface area contributed by atoms with Crippen LogP contribution in [0.25, 0.3) is 0 Å². The number of hydrogen-bond acceptors (Lipinski definition) is 3. The molecule has 0 aliphatic rings. The van der Waals surface area contributed by atoms with Crippen LogP contribution < -0.4 is 11.1 Å². The molecule has 1 atom stereocenters. The summed E-state index contributed by atoms with van der Waals surface area (Å²) in [6, 6.07) is 11.4. The van der Waals surface area contributed by atoms with E-state index in [4.69, 9.17) is 10.2 Å². The number of nitrogens with one attached hydrogen (secondary N) is 1. The third-order valence-corrected chi connectivity index (χ3v) is 3.48. The van der Waals surface area contributed by atoms with Gasteiger partial charge in [0.15, 0.2) is 5.76 Å². The van der Waals surface area contributed by atoms with Crippen LogP contribution >= 0.6 is 12.4 Å². The molecule has 120 valence electrons. The second-order valence-electron chi connectivity index (χ2n) is 5.55. The SMILES string of the molecule is Cc1ccc(C(=O)NCC(N)c2ccc(C(C)C)cc2)o1.Cl. The summed E-state index contributed by atoms with van der Waals surface area (Å²) < 4.78 is 5.27. The Morgan fingerprint density at radius 2 is 1.73 bits per heavy atom. The van der Waals surface area contributed by atoms with Crippen LogP contribution in [0.4, 0.5) is 0 Å². The first-order valence-corrected chi connectivity index (χ1v) is 7.17. The van der Waals surface area contributed by atoms with Crippen molar-refractivity contribution in [1.29, 1.82) is 0 Å². The lowest BCUT2D eigenvalue weighted by Gasteiger charge is -2.14. The van der Waals surface area contributed by atoms with Gasteiger partial charge in [0.2, 0.25) is 0 Å². The second kappa shape index (κ2) is 8.01. The van der Waals surface area contributed by atoms with Crippen LogP contribution in [0.1, 0.15) is 53.2 Å². The van der Waals surface area contributed by atoms with Crippen LogP contribution in [0.5, 0.6) is 0 Å². The number of halogens is 1. The first-order chi connectivity index (χ1) is 9.97. The number of rotatable bonds is 5. The van der Waals surface area contributed by atoms with Crippen LogP contribution in [-0.4, -0.2) is 12.5 Å². The van der Waals surface area contributed by atoms with E-state index >= 15 is 0 Å². The maximum absolute atomic E-state index is 11.9. The van der Waals surface area contributed by atoms with Crippen molar-refractivity contribution in [2.45, 2.75) is 32.7 Å². The second-order valence-corrected chi connectivity index (χ2v) is 5.55. The van der Waals surface area contributed by atoms with Gasteiger partial charge in [0.1, 0.15) is 5.76 Å². The fraction of sp³-hybridized carbons (Fsp3) is 0.353. The molecule has 0 saturated carbocycles. The highest BCUT2D eigenvalue weighted by Gasteiger charge is 2.12. The number of carbonyl (C=O) groups is 1. The number of amides is 1. The Balaban J connectivity index is 0.00000242. The van der Waals surface area contributed by atoms with Crippen LogP contribution in [0.2, 0.25) is 0 Å². The van der Waals surface area contributed by atoms with E-state index in [0.29, 0.717) is 24.0 Å². The molecule has 1 aromatic carbocycles. The van der Waals surface area contributed by atoms with E-state index in [-0.39, 0.29) is 24.4 Å². The zero-order valence-corrected chi connectivity index (χ0v) is 13.9. The van der Waals surface area contributed by atoms with Crippen molar-refractivity contribution in [3.8, 4) is 0 Å². The molecule has 0 radical (unpaired) electrons. The summed E-state index contributed by atoms with van der Waals surface area (Å²) >= 11 is 0. The zero-order valence-electron chi connectivity index (χ0n) is 13.1. The minimum atomic E-state index is -0.239. The molecule has 3 N–H and O–H groups in total. The molecule has 22 heavy (non-hydrogen) atoms. The zero-order chi connectivity index (χ0) is 15.4. The molecule has 0 bridgehead atoms. The summed E-state index contributed by atoms with van der Waals surface area (Å²) in [5.74, 6) is 1.29. The molecule has 0 spiro atoms. The first-order valence-electron chi connectivity index (χ1n) is 7.17. The largest absolute Gasteiger partial charge is 0.456 e. The third-order valence-electron chi connectivity index (χ3n) is 3.48.